The molecule has 2 rings (SSSR count). The van der Waals surface area contributed by atoms with Crippen molar-refractivity contribution in [3.8, 4) is 0 Å². The van der Waals surface area contributed by atoms with Gasteiger partial charge in [-0.15, -0.1) is 0 Å². The first-order valence-electron chi connectivity index (χ1n) is 6.37. The fourth-order valence-corrected chi connectivity index (χ4v) is 2.21. The third-order valence-electron chi connectivity index (χ3n) is 2.98. The molecule has 20 heavy (non-hydrogen) atoms. The third kappa shape index (κ3) is 3.74. The predicted molar refractivity (Wildman–Crippen MR) is 71.6 cm³/mol. The average molecular weight is 286 g/mol. The second-order valence-corrected chi connectivity index (χ2v) is 4.56. The van der Waals surface area contributed by atoms with Crippen molar-refractivity contribution < 1.29 is 17.9 Å². The Labute approximate surface area is 115 Å². The molecule has 1 N–H and O–H groups in total. The van der Waals surface area contributed by atoms with Crippen LogP contribution >= 0.6 is 0 Å². The minimum Gasteiger partial charge on any atom is -0.370 e. The zero-order valence-corrected chi connectivity index (χ0v) is 11.2. The molecule has 0 bridgehead atoms. The van der Waals surface area contributed by atoms with Gasteiger partial charge in [-0.3, -0.25) is 0 Å². The van der Waals surface area contributed by atoms with Crippen molar-refractivity contribution in [1.29, 1.82) is 0 Å². The highest BCUT2D eigenvalue weighted by Crippen LogP contribution is 2.20. The van der Waals surface area contributed by atoms with Crippen molar-refractivity contribution in [3.05, 3.63) is 36.0 Å². The minimum atomic E-state index is -4.27. The Bertz CT molecular complexity index is 563. The number of hydrogen-bond acceptors (Lipinski definition) is 2. The summed E-state index contributed by atoms with van der Waals surface area (Å²) in [7, 11) is 1.86. The number of aromatic nitrogens is 1. The van der Waals surface area contributed by atoms with Gasteiger partial charge in [-0.05, 0) is 24.1 Å². The lowest BCUT2D eigenvalue weighted by Crippen LogP contribution is -2.19. The second-order valence-electron chi connectivity index (χ2n) is 4.56. The highest BCUT2D eigenvalue weighted by atomic mass is 19.4. The Hall–Kier alpha value is -1.53. The fraction of sp³-hybridized carbons (Fsp3) is 0.429. The van der Waals surface area contributed by atoms with Crippen LogP contribution in [0.4, 0.5) is 13.2 Å². The van der Waals surface area contributed by atoms with Gasteiger partial charge in [0.25, 0.3) is 0 Å². The summed E-state index contributed by atoms with van der Waals surface area (Å²) in [6.07, 6.45) is -2.39. The van der Waals surface area contributed by atoms with Crippen molar-refractivity contribution in [2.75, 3.05) is 20.3 Å². The van der Waals surface area contributed by atoms with Gasteiger partial charge < -0.3 is 14.6 Å². The normalized spacial score (nSPS) is 12.2. The predicted octanol–water partition coefficient (Wildman–Crippen LogP) is 2.94. The number of rotatable bonds is 6. The number of ether oxygens (including phenoxy) is 1. The summed E-state index contributed by atoms with van der Waals surface area (Å²) in [5.41, 5.74) is 2.16. The molecule has 0 unspecified atom stereocenters. The quantitative estimate of drug-likeness (QED) is 0.826. The monoisotopic (exact) mass is 286 g/mol. The summed E-state index contributed by atoms with van der Waals surface area (Å²) in [5.74, 6) is 0. The molecule has 6 heteroatoms. The number of benzene rings is 1. The zero-order valence-electron chi connectivity index (χ0n) is 11.2. The summed E-state index contributed by atoms with van der Waals surface area (Å²) >= 11 is 0. The molecule has 1 aromatic carbocycles. The van der Waals surface area contributed by atoms with Crippen LogP contribution in [0.15, 0.2) is 30.5 Å². The largest absolute Gasteiger partial charge is 0.411 e. The van der Waals surface area contributed by atoms with Crippen molar-refractivity contribution in [2.45, 2.75) is 19.3 Å². The van der Waals surface area contributed by atoms with E-state index in [-0.39, 0.29) is 6.61 Å². The summed E-state index contributed by atoms with van der Waals surface area (Å²) in [5, 5.41) is 4.16. The van der Waals surface area contributed by atoms with Crippen molar-refractivity contribution >= 4 is 10.9 Å². The molecule has 3 nitrogen and oxygen atoms in total. The molecule has 0 amide bonds. The van der Waals surface area contributed by atoms with Crippen LogP contribution in [0.5, 0.6) is 0 Å². The second kappa shape index (κ2) is 6.28. The van der Waals surface area contributed by atoms with Gasteiger partial charge in [-0.25, -0.2) is 0 Å². The molecule has 0 aliphatic carbocycles. The molecule has 0 radical (unpaired) electrons. The van der Waals surface area contributed by atoms with E-state index in [0.29, 0.717) is 13.1 Å². The molecule has 0 fully saturated rings. The van der Waals surface area contributed by atoms with Crippen molar-refractivity contribution in [2.24, 2.45) is 0 Å². The first-order chi connectivity index (χ1) is 9.51. The summed E-state index contributed by atoms with van der Waals surface area (Å²) in [4.78, 5) is 0. The van der Waals surface area contributed by atoms with Crippen LogP contribution in [0, 0.1) is 0 Å². The smallest absolute Gasteiger partial charge is 0.370 e. The van der Waals surface area contributed by atoms with Crippen LogP contribution in [-0.4, -0.2) is 31.0 Å². The van der Waals surface area contributed by atoms with Crippen LogP contribution in [0.3, 0.4) is 0 Å². The third-order valence-corrected chi connectivity index (χ3v) is 2.98. The first-order valence-corrected chi connectivity index (χ1v) is 6.37. The maximum absolute atomic E-state index is 12.0. The van der Waals surface area contributed by atoms with Crippen molar-refractivity contribution in [1.82, 2.24) is 9.88 Å². The number of alkyl halides is 3. The van der Waals surface area contributed by atoms with E-state index < -0.39 is 12.8 Å². The number of nitrogens with zero attached hydrogens (tertiary/aromatic N) is 1. The van der Waals surface area contributed by atoms with Crippen LogP contribution < -0.4 is 5.32 Å². The lowest BCUT2D eigenvalue weighted by molar-refractivity contribution is -0.174. The average Bonchev–Trinajstić information content (AvgIpc) is 2.78. The Morgan fingerprint density at radius 1 is 1.25 bits per heavy atom. The molecular formula is C14H17F3N2O. The van der Waals surface area contributed by atoms with Gasteiger partial charge in [0.2, 0.25) is 0 Å². The molecule has 1 aromatic heterocycles. The topological polar surface area (TPSA) is 26.2 Å². The van der Waals surface area contributed by atoms with Crippen LogP contribution in [0.1, 0.15) is 5.56 Å². The van der Waals surface area contributed by atoms with E-state index in [1.807, 2.05) is 42.1 Å². The summed E-state index contributed by atoms with van der Waals surface area (Å²) < 4.78 is 42.6. The Balaban J connectivity index is 2.06. The minimum absolute atomic E-state index is 0.0389. The van der Waals surface area contributed by atoms with E-state index in [1.165, 1.54) is 0 Å². The summed E-state index contributed by atoms with van der Waals surface area (Å²) in [6.45, 7) is -0.0438. The molecule has 110 valence electrons. The van der Waals surface area contributed by atoms with E-state index in [0.717, 1.165) is 16.5 Å². The van der Waals surface area contributed by atoms with Gasteiger partial charge in [0, 0.05) is 19.3 Å². The van der Waals surface area contributed by atoms with Gasteiger partial charge in [0.15, 0.2) is 0 Å². The maximum atomic E-state index is 12.0. The lowest BCUT2D eigenvalue weighted by Gasteiger charge is -2.11. The fourth-order valence-electron chi connectivity index (χ4n) is 2.21. The molecular weight excluding hydrogens is 269 g/mol. The van der Waals surface area contributed by atoms with E-state index >= 15 is 0 Å². The van der Waals surface area contributed by atoms with E-state index in [9.17, 15) is 13.2 Å². The highest BCUT2D eigenvalue weighted by Gasteiger charge is 2.27. The zero-order chi connectivity index (χ0) is 14.6. The van der Waals surface area contributed by atoms with Crippen molar-refractivity contribution in [3.63, 3.8) is 0 Å². The van der Waals surface area contributed by atoms with E-state index in [2.05, 4.69) is 10.1 Å². The first kappa shape index (κ1) is 14.9. The summed E-state index contributed by atoms with van der Waals surface area (Å²) in [6, 6.07) is 7.92. The molecule has 0 atom stereocenters. The lowest BCUT2D eigenvalue weighted by atomic mass is 10.1. The highest BCUT2D eigenvalue weighted by molar-refractivity contribution is 5.83. The maximum Gasteiger partial charge on any atom is 0.411 e. The number of hydrogen-bond donors (Lipinski definition) is 1. The molecule has 0 spiro atoms. The van der Waals surface area contributed by atoms with Gasteiger partial charge in [0.05, 0.1) is 12.1 Å². The Kier molecular flexibility index (Phi) is 4.67. The number of halogens is 3. The Morgan fingerprint density at radius 3 is 2.75 bits per heavy atom. The standard InChI is InChI=1S/C14H17F3N2O/c1-18-9-12-4-2-3-11-5-6-19(13(11)12)7-8-20-10-14(15,16)17/h2-6,18H,7-10H2,1H3. The van der Waals surface area contributed by atoms with Crippen LogP contribution in [0.2, 0.25) is 0 Å². The SMILES string of the molecule is CNCc1cccc2ccn(CCOCC(F)(F)F)c12. The molecule has 2 aromatic rings. The van der Waals surface area contributed by atoms with Crippen LogP contribution in [-0.2, 0) is 17.8 Å². The van der Waals surface area contributed by atoms with Gasteiger partial charge in [-0.2, -0.15) is 13.2 Å². The number of para-hydroxylation sites is 1. The molecule has 1 heterocycles. The van der Waals surface area contributed by atoms with Gasteiger partial charge in [0.1, 0.15) is 6.61 Å². The number of nitrogens with one attached hydrogen (secondary N) is 1. The van der Waals surface area contributed by atoms with Gasteiger partial charge >= 0.3 is 6.18 Å². The molecule has 0 aliphatic rings. The Morgan fingerprint density at radius 2 is 2.05 bits per heavy atom. The molecule has 0 saturated carbocycles. The van der Waals surface area contributed by atoms with Crippen LogP contribution in [0.25, 0.3) is 10.9 Å². The number of fused-ring (bicyclic) bond motifs is 1. The molecule has 0 saturated heterocycles. The van der Waals surface area contributed by atoms with E-state index in [4.69, 9.17) is 0 Å². The van der Waals surface area contributed by atoms with Gasteiger partial charge in [-0.1, -0.05) is 18.2 Å². The molecule has 0 aliphatic heterocycles. The van der Waals surface area contributed by atoms with E-state index in [1.54, 1.807) is 0 Å².